The second-order valence-corrected chi connectivity index (χ2v) is 3.26. The second kappa shape index (κ2) is 3.24. The van der Waals surface area contributed by atoms with Gasteiger partial charge in [-0.1, -0.05) is 12.1 Å². The molecule has 0 fully saturated rings. The van der Waals surface area contributed by atoms with Crippen LogP contribution in [0.4, 0.5) is 0 Å². The van der Waals surface area contributed by atoms with E-state index in [2.05, 4.69) is 11.2 Å². The fourth-order valence-corrected chi connectivity index (χ4v) is 1.35. The number of aromatic nitrogens is 1. The first-order valence-electron chi connectivity index (χ1n) is 4.62. The van der Waals surface area contributed by atoms with E-state index in [9.17, 15) is 0 Å². The lowest BCUT2D eigenvalue weighted by atomic mass is 10.2. The Hall–Kier alpha value is -1.25. The molecule has 3 heteroatoms. The van der Waals surface area contributed by atoms with Gasteiger partial charge in [-0.2, -0.15) is 0 Å². The fraction of sp³-hybridized carbons (Fsp3) is 0.500. The Morgan fingerprint density at radius 3 is 3.00 bits per heavy atom. The van der Waals surface area contributed by atoms with E-state index in [1.807, 2.05) is 19.9 Å². The highest BCUT2D eigenvalue weighted by Gasteiger charge is 2.17. The molecule has 0 N–H and O–H groups in total. The molecule has 0 aromatic carbocycles. The molecule has 2 rings (SSSR count). The Morgan fingerprint density at radius 1 is 1.62 bits per heavy atom. The van der Waals surface area contributed by atoms with Crippen molar-refractivity contribution < 1.29 is 9.26 Å². The maximum absolute atomic E-state index is 5.54. The largest absolute Gasteiger partial charge is 0.488 e. The van der Waals surface area contributed by atoms with Crippen LogP contribution >= 0.6 is 0 Å². The van der Waals surface area contributed by atoms with Crippen LogP contribution in [0.1, 0.15) is 31.7 Å². The number of rotatable bonds is 2. The van der Waals surface area contributed by atoms with E-state index < -0.39 is 0 Å². The van der Waals surface area contributed by atoms with Gasteiger partial charge < -0.3 is 9.26 Å². The Labute approximate surface area is 77.4 Å². The molecular formula is C10H13NO2. The van der Waals surface area contributed by atoms with Gasteiger partial charge in [-0.3, -0.25) is 0 Å². The molecule has 0 unspecified atom stereocenters. The van der Waals surface area contributed by atoms with Crippen molar-refractivity contribution >= 4 is 5.76 Å². The third kappa shape index (κ3) is 1.59. The fourth-order valence-electron chi connectivity index (χ4n) is 1.35. The van der Waals surface area contributed by atoms with Gasteiger partial charge in [-0.25, -0.2) is 0 Å². The molecule has 1 aliphatic rings. The van der Waals surface area contributed by atoms with Crippen molar-refractivity contribution in [1.82, 2.24) is 5.16 Å². The summed E-state index contributed by atoms with van der Waals surface area (Å²) in [5.74, 6) is 1.76. The van der Waals surface area contributed by atoms with E-state index in [1.165, 1.54) is 0 Å². The summed E-state index contributed by atoms with van der Waals surface area (Å²) in [6, 6.07) is 1.93. The highest BCUT2D eigenvalue weighted by Crippen LogP contribution is 2.25. The van der Waals surface area contributed by atoms with E-state index in [4.69, 9.17) is 9.26 Å². The van der Waals surface area contributed by atoms with Crippen molar-refractivity contribution in [3.05, 3.63) is 23.6 Å². The topological polar surface area (TPSA) is 35.3 Å². The number of hydrogen-bond acceptors (Lipinski definition) is 3. The zero-order chi connectivity index (χ0) is 9.26. The number of hydrogen-bond donors (Lipinski definition) is 0. The summed E-state index contributed by atoms with van der Waals surface area (Å²) < 4.78 is 10.6. The van der Waals surface area contributed by atoms with Crippen molar-refractivity contribution in [3.8, 4) is 0 Å². The molecule has 1 aromatic rings. The Balaban J connectivity index is 2.17. The van der Waals surface area contributed by atoms with Crippen molar-refractivity contribution in [2.24, 2.45) is 0 Å². The average Bonchev–Trinajstić information content (AvgIpc) is 2.71. The summed E-state index contributed by atoms with van der Waals surface area (Å²) in [6.07, 6.45) is 4.17. The van der Waals surface area contributed by atoms with Crippen molar-refractivity contribution in [1.29, 1.82) is 0 Å². The molecule has 1 atom stereocenters. The van der Waals surface area contributed by atoms with E-state index in [0.717, 1.165) is 30.1 Å². The van der Waals surface area contributed by atoms with Gasteiger partial charge in [-0.05, 0) is 13.0 Å². The minimum absolute atomic E-state index is 0.275. The molecule has 2 heterocycles. The Kier molecular flexibility index (Phi) is 2.08. The van der Waals surface area contributed by atoms with Gasteiger partial charge in [0.05, 0.1) is 6.10 Å². The smallest absolute Gasteiger partial charge is 0.148 e. The lowest BCUT2D eigenvalue weighted by Gasteiger charge is -2.04. The molecule has 13 heavy (non-hydrogen) atoms. The molecule has 0 amide bonds. The van der Waals surface area contributed by atoms with Gasteiger partial charge in [-0.15, -0.1) is 0 Å². The van der Waals surface area contributed by atoms with E-state index in [-0.39, 0.29) is 6.10 Å². The molecule has 1 aliphatic heterocycles. The molecule has 0 aliphatic carbocycles. The summed E-state index contributed by atoms with van der Waals surface area (Å²) >= 11 is 0. The van der Waals surface area contributed by atoms with Crippen LogP contribution in [-0.2, 0) is 11.2 Å². The van der Waals surface area contributed by atoms with Gasteiger partial charge >= 0.3 is 0 Å². The summed E-state index contributed by atoms with van der Waals surface area (Å²) in [6.45, 7) is 4.08. The van der Waals surface area contributed by atoms with Gasteiger partial charge in [0.25, 0.3) is 0 Å². The predicted molar refractivity (Wildman–Crippen MR) is 49.0 cm³/mol. The summed E-state index contributed by atoms with van der Waals surface area (Å²) in [5.41, 5.74) is 0.821. The highest BCUT2D eigenvalue weighted by atomic mass is 16.5. The highest BCUT2D eigenvalue weighted by molar-refractivity contribution is 5.57. The molecule has 0 saturated carbocycles. The SMILES string of the molecule is CCc1cc(C2=CC[C@@H](C)O2)no1. The zero-order valence-corrected chi connectivity index (χ0v) is 7.91. The molecule has 0 saturated heterocycles. The van der Waals surface area contributed by atoms with Crippen LogP contribution in [0.3, 0.4) is 0 Å². The normalized spacial score (nSPS) is 21.4. The molecule has 0 radical (unpaired) electrons. The van der Waals surface area contributed by atoms with Crippen LogP contribution in [0.2, 0.25) is 0 Å². The van der Waals surface area contributed by atoms with Gasteiger partial charge in [0, 0.05) is 18.9 Å². The van der Waals surface area contributed by atoms with Gasteiger partial charge in [0.15, 0.2) is 0 Å². The summed E-state index contributed by atoms with van der Waals surface area (Å²) in [5, 5.41) is 3.94. The minimum Gasteiger partial charge on any atom is -0.488 e. The Morgan fingerprint density at radius 2 is 2.46 bits per heavy atom. The number of aryl methyl sites for hydroxylation is 1. The van der Waals surface area contributed by atoms with E-state index in [0.29, 0.717) is 0 Å². The van der Waals surface area contributed by atoms with Gasteiger partial charge in [0.2, 0.25) is 0 Å². The van der Waals surface area contributed by atoms with Gasteiger partial charge in [0.1, 0.15) is 17.2 Å². The molecular weight excluding hydrogens is 166 g/mol. The first-order chi connectivity index (χ1) is 6.29. The van der Waals surface area contributed by atoms with Crippen LogP contribution in [0.25, 0.3) is 5.76 Å². The molecule has 0 bridgehead atoms. The van der Waals surface area contributed by atoms with Crippen molar-refractivity contribution in [2.75, 3.05) is 0 Å². The third-order valence-corrected chi connectivity index (χ3v) is 2.12. The first kappa shape index (κ1) is 8.35. The van der Waals surface area contributed by atoms with Crippen molar-refractivity contribution in [2.45, 2.75) is 32.8 Å². The van der Waals surface area contributed by atoms with Crippen LogP contribution in [0.5, 0.6) is 0 Å². The molecule has 1 aromatic heterocycles. The first-order valence-corrected chi connectivity index (χ1v) is 4.62. The zero-order valence-electron chi connectivity index (χ0n) is 7.91. The Bertz CT molecular complexity index is 327. The monoisotopic (exact) mass is 179 g/mol. The summed E-state index contributed by atoms with van der Waals surface area (Å²) in [7, 11) is 0. The standard InChI is InChI=1S/C10H13NO2/c1-3-8-6-9(11-13-8)10-5-4-7(2)12-10/h5-7H,3-4H2,1-2H3/t7-/m1/s1. The molecule has 3 nitrogen and oxygen atoms in total. The van der Waals surface area contributed by atoms with E-state index >= 15 is 0 Å². The third-order valence-electron chi connectivity index (χ3n) is 2.12. The van der Waals surface area contributed by atoms with Crippen LogP contribution in [0, 0.1) is 0 Å². The minimum atomic E-state index is 0.275. The number of nitrogens with zero attached hydrogens (tertiary/aromatic N) is 1. The van der Waals surface area contributed by atoms with Crippen LogP contribution in [-0.4, -0.2) is 11.3 Å². The summed E-state index contributed by atoms with van der Waals surface area (Å²) in [4.78, 5) is 0. The second-order valence-electron chi connectivity index (χ2n) is 3.26. The molecule has 0 spiro atoms. The number of ether oxygens (including phenoxy) is 1. The van der Waals surface area contributed by atoms with E-state index in [1.54, 1.807) is 0 Å². The maximum Gasteiger partial charge on any atom is 0.148 e. The van der Waals surface area contributed by atoms with Crippen LogP contribution < -0.4 is 0 Å². The van der Waals surface area contributed by atoms with Crippen LogP contribution in [0.15, 0.2) is 16.7 Å². The predicted octanol–water partition coefficient (Wildman–Crippen LogP) is 2.39. The lowest BCUT2D eigenvalue weighted by molar-refractivity contribution is 0.208. The van der Waals surface area contributed by atoms with Crippen molar-refractivity contribution in [3.63, 3.8) is 0 Å². The average molecular weight is 179 g/mol. The molecule has 70 valence electrons. The lowest BCUT2D eigenvalue weighted by Crippen LogP contribution is -1.97. The quantitative estimate of drug-likeness (QED) is 0.699. The maximum atomic E-state index is 5.54.